The average Bonchev–Trinajstić information content (AvgIpc) is 3.48. The molecule has 2 N–H and O–H groups in total. The second-order valence-corrected chi connectivity index (χ2v) is 10.2. The first kappa shape index (κ1) is 24.9. The Balaban J connectivity index is 1.55. The minimum atomic E-state index is -0.191. The molecule has 0 aliphatic heterocycles. The van der Waals surface area contributed by atoms with Gasteiger partial charge in [0.25, 0.3) is 0 Å². The molecular weight excluding hydrogens is 499 g/mol. The maximum Gasteiger partial charge on any atom is 0.141 e. The Kier molecular flexibility index (Phi) is 6.90. The number of pyridine rings is 1. The van der Waals surface area contributed by atoms with E-state index in [0.29, 0.717) is 27.6 Å². The Morgan fingerprint density at radius 3 is 2.36 bits per heavy atom. The summed E-state index contributed by atoms with van der Waals surface area (Å²) in [7, 11) is 3.14. The van der Waals surface area contributed by atoms with Crippen molar-refractivity contribution in [2.45, 2.75) is 57.6 Å². The van der Waals surface area contributed by atoms with Crippen molar-refractivity contribution >= 4 is 34.2 Å². The molecular formula is C27H30Cl2N4O3. The van der Waals surface area contributed by atoms with Gasteiger partial charge in [0.05, 0.1) is 42.6 Å². The Morgan fingerprint density at radius 1 is 1.06 bits per heavy atom. The molecule has 0 radical (unpaired) electrons. The molecule has 0 bridgehead atoms. The number of aromatic amines is 1. The molecule has 1 fully saturated rings. The molecule has 9 heteroatoms. The van der Waals surface area contributed by atoms with Crippen LogP contribution in [0.15, 0.2) is 30.7 Å². The summed E-state index contributed by atoms with van der Waals surface area (Å²) in [6.07, 6.45) is 9.06. The first-order valence-electron chi connectivity index (χ1n) is 12.1. The fraction of sp³-hybridized carbons (Fsp3) is 0.407. The van der Waals surface area contributed by atoms with Gasteiger partial charge in [0.2, 0.25) is 0 Å². The molecule has 4 aromatic rings. The standard InChI is InChI=1S/C27H30Cl2N4O3/c1-14(24-25(28)22(35-3)10-23(36-4)26(24)29)20-12-31-27-19(20)9-16(11-30-27)21-13-32-33(15(21)2)17-5-7-18(34)8-6-17/h9-14,17-18,34H,5-8H2,1-4H3,(H,30,31)/t14-,17?,18?/m0/s1. The molecule has 1 aromatic carbocycles. The summed E-state index contributed by atoms with van der Waals surface area (Å²) in [5.41, 5.74) is 5.69. The molecule has 3 aromatic heterocycles. The average molecular weight is 529 g/mol. The number of aliphatic hydroxyl groups is 1. The van der Waals surface area contributed by atoms with Gasteiger partial charge in [0.15, 0.2) is 0 Å². The zero-order valence-corrected chi connectivity index (χ0v) is 22.3. The fourth-order valence-corrected chi connectivity index (χ4v) is 6.18. The van der Waals surface area contributed by atoms with E-state index >= 15 is 0 Å². The van der Waals surface area contributed by atoms with Gasteiger partial charge in [-0.25, -0.2) is 4.98 Å². The van der Waals surface area contributed by atoms with Gasteiger partial charge in [-0.2, -0.15) is 5.10 Å². The molecule has 1 aliphatic rings. The number of fused-ring (bicyclic) bond motifs is 1. The molecule has 0 saturated heterocycles. The van der Waals surface area contributed by atoms with E-state index < -0.39 is 0 Å². The number of halogens is 2. The summed E-state index contributed by atoms with van der Waals surface area (Å²) < 4.78 is 13.1. The van der Waals surface area contributed by atoms with Crippen molar-refractivity contribution in [3.63, 3.8) is 0 Å². The smallest absolute Gasteiger partial charge is 0.141 e. The van der Waals surface area contributed by atoms with Crippen LogP contribution in [-0.4, -0.2) is 45.2 Å². The molecule has 0 spiro atoms. The molecule has 5 rings (SSSR count). The Hall–Kier alpha value is -2.74. The maximum absolute atomic E-state index is 9.88. The van der Waals surface area contributed by atoms with Crippen LogP contribution in [0.25, 0.3) is 22.2 Å². The van der Waals surface area contributed by atoms with Crippen LogP contribution in [0, 0.1) is 6.92 Å². The Bertz CT molecular complexity index is 1380. The summed E-state index contributed by atoms with van der Waals surface area (Å²) in [5, 5.41) is 16.5. The van der Waals surface area contributed by atoms with Crippen molar-refractivity contribution in [2.24, 2.45) is 0 Å². The molecule has 0 unspecified atom stereocenters. The molecule has 0 amide bonds. The zero-order chi connectivity index (χ0) is 25.6. The maximum atomic E-state index is 9.88. The molecule has 1 atom stereocenters. The zero-order valence-electron chi connectivity index (χ0n) is 20.8. The second-order valence-electron chi connectivity index (χ2n) is 9.46. The third-order valence-corrected chi connectivity index (χ3v) is 8.22. The van der Waals surface area contributed by atoms with Gasteiger partial charge >= 0.3 is 0 Å². The van der Waals surface area contributed by atoms with Crippen LogP contribution in [-0.2, 0) is 0 Å². The lowest BCUT2D eigenvalue weighted by molar-refractivity contribution is 0.107. The molecule has 7 nitrogen and oxygen atoms in total. The normalized spacial score (nSPS) is 19.0. The lowest BCUT2D eigenvalue weighted by Gasteiger charge is -2.26. The van der Waals surface area contributed by atoms with Gasteiger partial charge in [-0.05, 0) is 44.2 Å². The third-order valence-electron chi connectivity index (χ3n) is 7.44. The van der Waals surface area contributed by atoms with Gasteiger partial charge in [-0.3, -0.25) is 4.68 Å². The third kappa shape index (κ3) is 4.23. The number of aliphatic hydroxyl groups excluding tert-OH is 1. The lowest BCUT2D eigenvalue weighted by Crippen LogP contribution is -2.22. The highest BCUT2D eigenvalue weighted by molar-refractivity contribution is 6.38. The lowest BCUT2D eigenvalue weighted by atomic mass is 9.91. The number of ether oxygens (including phenoxy) is 2. The van der Waals surface area contributed by atoms with Gasteiger partial charge in [-0.15, -0.1) is 0 Å². The van der Waals surface area contributed by atoms with E-state index in [0.717, 1.165) is 64.7 Å². The highest BCUT2D eigenvalue weighted by Crippen LogP contribution is 2.46. The number of hydrogen-bond donors (Lipinski definition) is 2. The van der Waals surface area contributed by atoms with Crippen LogP contribution >= 0.6 is 23.2 Å². The van der Waals surface area contributed by atoms with E-state index in [1.807, 2.05) is 18.6 Å². The summed E-state index contributed by atoms with van der Waals surface area (Å²) in [6, 6.07) is 4.15. The van der Waals surface area contributed by atoms with E-state index in [1.165, 1.54) is 0 Å². The first-order chi connectivity index (χ1) is 17.3. The Labute approximate surface area is 220 Å². The number of hydrogen-bond acceptors (Lipinski definition) is 5. The molecule has 3 heterocycles. The van der Waals surface area contributed by atoms with Crippen LogP contribution < -0.4 is 9.47 Å². The topological polar surface area (TPSA) is 85.2 Å². The minimum Gasteiger partial charge on any atom is -0.495 e. The number of rotatable bonds is 6. The number of aromatic nitrogens is 4. The van der Waals surface area contributed by atoms with Gasteiger partial charge in [-0.1, -0.05) is 30.1 Å². The Morgan fingerprint density at radius 2 is 1.72 bits per heavy atom. The van der Waals surface area contributed by atoms with Crippen LogP contribution in [0.4, 0.5) is 0 Å². The van der Waals surface area contributed by atoms with E-state index in [4.69, 9.17) is 42.8 Å². The summed E-state index contributed by atoms with van der Waals surface area (Å²) >= 11 is 13.4. The number of nitrogens with zero attached hydrogens (tertiary/aromatic N) is 3. The van der Waals surface area contributed by atoms with Crippen molar-refractivity contribution < 1.29 is 14.6 Å². The molecule has 190 valence electrons. The van der Waals surface area contributed by atoms with Gasteiger partial charge < -0.3 is 19.6 Å². The molecule has 36 heavy (non-hydrogen) atoms. The van der Waals surface area contributed by atoms with Crippen molar-refractivity contribution in [3.8, 4) is 22.6 Å². The van der Waals surface area contributed by atoms with Gasteiger partial charge in [0.1, 0.15) is 17.1 Å². The first-order valence-corrected chi connectivity index (χ1v) is 12.9. The van der Waals surface area contributed by atoms with Gasteiger partial charge in [0, 0.05) is 52.1 Å². The highest BCUT2D eigenvalue weighted by atomic mass is 35.5. The predicted octanol–water partition coefficient (Wildman–Crippen LogP) is 6.69. The predicted molar refractivity (Wildman–Crippen MR) is 143 cm³/mol. The summed E-state index contributed by atoms with van der Waals surface area (Å²) in [4.78, 5) is 7.98. The van der Waals surface area contributed by atoms with Crippen LogP contribution in [0.5, 0.6) is 11.5 Å². The molecule has 1 saturated carbocycles. The monoisotopic (exact) mass is 528 g/mol. The van der Waals surface area contributed by atoms with Crippen molar-refractivity contribution in [2.75, 3.05) is 14.2 Å². The number of benzene rings is 1. The van der Waals surface area contributed by atoms with E-state index in [2.05, 4.69) is 29.6 Å². The van der Waals surface area contributed by atoms with E-state index in [1.54, 1.807) is 20.3 Å². The highest BCUT2D eigenvalue weighted by Gasteiger charge is 2.26. The minimum absolute atomic E-state index is 0.155. The molecule has 1 aliphatic carbocycles. The SMILES string of the molecule is COc1cc(OC)c(Cl)c([C@@H](C)c2c[nH]c3ncc(-c4cnn(C5CCC(O)CC5)c4C)cc23)c1Cl. The van der Waals surface area contributed by atoms with Crippen molar-refractivity contribution in [1.29, 1.82) is 0 Å². The summed E-state index contributed by atoms with van der Waals surface area (Å²) in [5.74, 6) is 0.866. The quantitative estimate of drug-likeness (QED) is 0.291. The number of nitrogens with one attached hydrogen (secondary N) is 1. The second kappa shape index (κ2) is 9.96. The largest absolute Gasteiger partial charge is 0.495 e. The van der Waals surface area contributed by atoms with Crippen molar-refractivity contribution in [1.82, 2.24) is 19.7 Å². The number of methoxy groups -OCH3 is 2. The van der Waals surface area contributed by atoms with Crippen LogP contribution in [0.1, 0.15) is 61.4 Å². The van der Waals surface area contributed by atoms with E-state index in [-0.39, 0.29) is 12.0 Å². The van der Waals surface area contributed by atoms with E-state index in [9.17, 15) is 5.11 Å². The summed E-state index contributed by atoms with van der Waals surface area (Å²) in [6.45, 7) is 4.16. The van der Waals surface area contributed by atoms with Crippen LogP contribution in [0.2, 0.25) is 10.0 Å². The van der Waals surface area contributed by atoms with Crippen molar-refractivity contribution in [3.05, 3.63) is 57.6 Å². The fourth-order valence-electron chi connectivity index (χ4n) is 5.35. The van der Waals surface area contributed by atoms with Crippen LogP contribution in [0.3, 0.4) is 0 Å². The number of H-pyrrole nitrogens is 1.